The summed E-state index contributed by atoms with van der Waals surface area (Å²) in [4.78, 5) is 0. The van der Waals surface area contributed by atoms with Crippen LogP contribution in [0.15, 0.2) is 0 Å². The average Bonchev–Trinajstić information content (AvgIpc) is 2.52. The largest absolute Gasteiger partial charge is 0.309 e. The van der Waals surface area contributed by atoms with E-state index in [1.807, 2.05) is 11.7 Å². The van der Waals surface area contributed by atoms with Crippen molar-refractivity contribution in [3.63, 3.8) is 0 Å². The molecule has 0 aliphatic heterocycles. The van der Waals surface area contributed by atoms with Gasteiger partial charge in [0.25, 0.3) is 0 Å². The Hall–Kier alpha value is -0.830. The minimum absolute atomic E-state index is 0.433. The van der Waals surface area contributed by atoms with Crippen molar-refractivity contribution in [1.29, 1.82) is 0 Å². The Labute approximate surface area is 111 Å². The lowest BCUT2D eigenvalue weighted by Gasteiger charge is -2.39. The molecule has 3 nitrogen and oxygen atoms in total. The molecule has 0 saturated heterocycles. The van der Waals surface area contributed by atoms with Gasteiger partial charge in [0, 0.05) is 30.9 Å². The Kier molecular flexibility index (Phi) is 3.81. The van der Waals surface area contributed by atoms with Crippen molar-refractivity contribution in [3.8, 4) is 0 Å². The van der Waals surface area contributed by atoms with Crippen LogP contribution in [0.1, 0.15) is 56.5 Å². The number of hydrogen-bond donors (Lipinski definition) is 1. The van der Waals surface area contributed by atoms with E-state index in [1.165, 1.54) is 36.9 Å². The number of aromatic nitrogens is 2. The van der Waals surface area contributed by atoms with Crippen molar-refractivity contribution in [2.75, 3.05) is 0 Å². The maximum Gasteiger partial charge on any atom is 0.0641 e. The fourth-order valence-corrected chi connectivity index (χ4v) is 3.17. The van der Waals surface area contributed by atoms with E-state index in [9.17, 15) is 0 Å². The van der Waals surface area contributed by atoms with E-state index in [0.717, 1.165) is 12.2 Å². The van der Waals surface area contributed by atoms with Crippen molar-refractivity contribution in [3.05, 3.63) is 17.0 Å². The number of nitrogens with one attached hydrogen (secondary N) is 1. The summed E-state index contributed by atoms with van der Waals surface area (Å²) in [5, 5.41) is 8.26. The second-order valence-corrected chi connectivity index (χ2v) is 6.44. The molecule has 2 rings (SSSR count). The quantitative estimate of drug-likeness (QED) is 0.892. The van der Waals surface area contributed by atoms with Crippen molar-refractivity contribution in [2.24, 2.45) is 12.5 Å². The topological polar surface area (TPSA) is 29.9 Å². The zero-order chi connectivity index (χ0) is 13.3. The van der Waals surface area contributed by atoms with Gasteiger partial charge in [-0.05, 0) is 32.1 Å². The predicted molar refractivity (Wildman–Crippen MR) is 75.6 cm³/mol. The van der Waals surface area contributed by atoms with Gasteiger partial charge in [0.1, 0.15) is 0 Å². The minimum Gasteiger partial charge on any atom is -0.309 e. The van der Waals surface area contributed by atoms with Gasteiger partial charge in [-0.25, -0.2) is 0 Å². The standard InChI is InChI=1S/C15H27N3/c1-11-13(12(2)18(5)17-11)10-16-14-8-6-7-9-15(14,3)4/h14,16H,6-10H2,1-5H3. The van der Waals surface area contributed by atoms with Gasteiger partial charge in [0.15, 0.2) is 0 Å². The predicted octanol–water partition coefficient (Wildman–Crippen LogP) is 3.10. The maximum atomic E-state index is 4.49. The van der Waals surface area contributed by atoms with E-state index in [0.29, 0.717) is 11.5 Å². The summed E-state index contributed by atoms with van der Waals surface area (Å²) < 4.78 is 1.98. The van der Waals surface area contributed by atoms with Gasteiger partial charge < -0.3 is 5.32 Å². The second kappa shape index (κ2) is 5.04. The SMILES string of the molecule is Cc1nn(C)c(C)c1CNC1CCCCC1(C)C. The van der Waals surface area contributed by atoms with E-state index in [2.05, 4.69) is 38.1 Å². The van der Waals surface area contributed by atoms with E-state index < -0.39 is 0 Å². The molecule has 0 spiro atoms. The maximum absolute atomic E-state index is 4.49. The molecule has 1 aromatic heterocycles. The molecule has 102 valence electrons. The smallest absolute Gasteiger partial charge is 0.0641 e. The van der Waals surface area contributed by atoms with Crippen LogP contribution >= 0.6 is 0 Å². The fourth-order valence-electron chi connectivity index (χ4n) is 3.17. The third-order valence-electron chi connectivity index (χ3n) is 4.69. The summed E-state index contributed by atoms with van der Waals surface area (Å²) in [5.41, 5.74) is 4.26. The molecule has 18 heavy (non-hydrogen) atoms. The molecule has 0 aromatic carbocycles. The van der Waals surface area contributed by atoms with Gasteiger partial charge in [-0.2, -0.15) is 5.10 Å². The normalized spacial score (nSPS) is 23.3. The van der Waals surface area contributed by atoms with Gasteiger partial charge in [0.05, 0.1) is 5.69 Å². The second-order valence-electron chi connectivity index (χ2n) is 6.44. The Morgan fingerprint density at radius 3 is 2.61 bits per heavy atom. The summed E-state index contributed by atoms with van der Waals surface area (Å²) in [5.74, 6) is 0. The molecule has 1 aromatic rings. The molecular weight excluding hydrogens is 222 g/mol. The van der Waals surface area contributed by atoms with Gasteiger partial charge >= 0.3 is 0 Å². The lowest BCUT2D eigenvalue weighted by atomic mass is 9.73. The number of aryl methyl sites for hydroxylation is 2. The van der Waals surface area contributed by atoms with Crippen LogP contribution in [0, 0.1) is 19.3 Å². The molecule has 1 N–H and O–H groups in total. The first kappa shape index (κ1) is 13.6. The summed E-state index contributed by atoms with van der Waals surface area (Å²) >= 11 is 0. The third-order valence-corrected chi connectivity index (χ3v) is 4.69. The number of rotatable bonds is 3. The fraction of sp³-hybridized carbons (Fsp3) is 0.800. The van der Waals surface area contributed by atoms with Crippen LogP contribution in [-0.2, 0) is 13.6 Å². The summed E-state index contributed by atoms with van der Waals surface area (Å²) in [6.45, 7) is 10.0. The molecule has 1 saturated carbocycles. The highest BCUT2D eigenvalue weighted by Crippen LogP contribution is 2.35. The lowest BCUT2D eigenvalue weighted by molar-refractivity contribution is 0.166. The molecule has 0 amide bonds. The molecular formula is C15H27N3. The Balaban J connectivity index is 2.03. The molecule has 1 aliphatic rings. The van der Waals surface area contributed by atoms with Crippen LogP contribution in [0.2, 0.25) is 0 Å². The summed E-state index contributed by atoms with van der Waals surface area (Å²) in [7, 11) is 2.02. The third kappa shape index (κ3) is 2.61. The van der Waals surface area contributed by atoms with Crippen LogP contribution in [0.25, 0.3) is 0 Å². The van der Waals surface area contributed by atoms with Crippen LogP contribution < -0.4 is 5.32 Å². The van der Waals surface area contributed by atoms with Gasteiger partial charge in [-0.15, -0.1) is 0 Å². The highest BCUT2D eigenvalue weighted by atomic mass is 15.3. The minimum atomic E-state index is 0.433. The highest BCUT2D eigenvalue weighted by Gasteiger charge is 2.31. The van der Waals surface area contributed by atoms with E-state index in [1.54, 1.807) is 0 Å². The zero-order valence-corrected chi connectivity index (χ0v) is 12.5. The molecule has 1 heterocycles. The molecule has 1 atom stereocenters. The summed E-state index contributed by atoms with van der Waals surface area (Å²) in [6.07, 6.45) is 5.41. The summed E-state index contributed by atoms with van der Waals surface area (Å²) in [6, 6.07) is 0.644. The van der Waals surface area contributed by atoms with E-state index in [-0.39, 0.29) is 0 Å². The molecule has 1 fully saturated rings. The number of nitrogens with zero attached hydrogens (tertiary/aromatic N) is 2. The molecule has 3 heteroatoms. The van der Waals surface area contributed by atoms with Crippen molar-refractivity contribution >= 4 is 0 Å². The van der Waals surface area contributed by atoms with Crippen molar-refractivity contribution in [2.45, 2.75) is 66.0 Å². The zero-order valence-electron chi connectivity index (χ0n) is 12.5. The highest BCUT2D eigenvalue weighted by molar-refractivity contribution is 5.24. The van der Waals surface area contributed by atoms with Crippen LogP contribution in [0.4, 0.5) is 0 Å². The Morgan fingerprint density at radius 1 is 1.33 bits per heavy atom. The van der Waals surface area contributed by atoms with E-state index >= 15 is 0 Å². The van der Waals surface area contributed by atoms with Crippen molar-refractivity contribution < 1.29 is 0 Å². The van der Waals surface area contributed by atoms with E-state index in [4.69, 9.17) is 0 Å². The Bertz CT molecular complexity index is 418. The Morgan fingerprint density at radius 2 is 2.06 bits per heavy atom. The van der Waals surface area contributed by atoms with Crippen molar-refractivity contribution in [1.82, 2.24) is 15.1 Å². The first-order chi connectivity index (χ1) is 8.42. The number of hydrogen-bond acceptors (Lipinski definition) is 2. The van der Waals surface area contributed by atoms with Crippen LogP contribution in [0.3, 0.4) is 0 Å². The molecule has 1 unspecified atom stereocenters. The molecule has 1 aliphatic carbocycles. The first-order valence-corrected chi connectivity index (χ1v) is 7.14. The van der Waals surface area contributed by atoms with Gasteiger partial charge in [0.2, 0.25) is 0 Å². The van der Waals surface area contributed by atoms with Crippen LogP contribution in [0.5, 0.6) is 0 Å². The molecule has 0 radical (unpaired) electrons. The van der Waals surface area contributed by atoms with Crippen LogP contribution in [-0.4, -0.2) is 15.8 Å². The lowest BCUT2D eigenvalue weighted by Crippen LogP contribution is -2.43. The van der Waals surface area contributed by atoms with Gasteiger partial charge in [-0.1, -0.05) is 26.7 Å². The monoisotopic (exact) mass is 249 g/mol. The first-order valence-electron chi connectivity index (χ1n) is 7.14. The molecule has 0 bridgehead atoms. The van der Waals surface area contributed by atoms with Gasteiger partial charge in [-0.3, -0.25) is 4.68 Å². The average molecular weight is 249 g/mol.